The van der Waals surface area contributed by atoms with Crippen molar-refractivity contribution in [2.75, 3.05) is 0 Å². The summed E-state index contributed by atoms with van der Waals surface area (Å²) in [5.41, 5.74) is 3.86. The average Bonchev–Trinajstić information content (AvgIpc) is 3.16. The van der Waals surface area contributed by atoms with Gasteiger partial charge in [0.15, 0.2) is 5.76 Å². The molecule has 4 heteroatoms. The summed E-state index contributed by atoms with van der Waals surface area (Å²) in [5.74, 6) is 1.38. The third-order valence-electron chi connectivity index (χ3n) is 3.23. The normalized spacial score (nSPS) is 11.0. The van der Waals surface area contributed by atoms with Crippen LogP contribution in [0.25, 0.3) is 33.8 Å². The van der Waals surface area contributed by atoms with E-state index in [1.807, 2.05) is 48.5 Å². The van der Waals surface area contributed by atoms with Gasteiger partial charge < -0.3 is 9.40 Å². The highest BCUT2D eigenvalue weighted by atomic mass is 16.4. The first-order valence-corrected chi connectivity index (χ1v) is 6.35. The number of aromatic nitrogens is 3. The molecule has 0 unspecified atom stereocenters. The van der Waals surface area contributed by atoms with Crippen LogP contribution in [-0.4, -0.2) is 15.0 Å². The molecule has 0 saturated heterocycles. The zero-order chi connectivity index (χ0) is 13.4. The Morgan fingerprint density at radius 1 is 0.900 bits per heavy atom. The topological polar surface area (TPSA) is 54.7 Å². The van der Waals surface area contributed by atoms with Crippen LogP contribution in [0.1, 0.15) is 0 Å². The van der Waals surface area contributed by atoms with E-state index >= 15 is 0 Å². The fourth-order valence-corrected chi connectivity index (χ4v) is 2.21. The van der Waals surface area contributed by atoms with Gasteiger partial charge in [0.25, 0.3) is 0 Å². The molecule has 0 atom stereocenters. The first-order valence-electron chi connectivity index (χ1n) is 6.35. The van der Waals surface area contributed by atoms with Crippen molar-refractivity contribution < 1.29 is 4.42 Å². The fraction of sp³-hybridized carbons (Fsp3) is 0. The Morgan fingerprint density at radius 3 is 2.70 bits per heavy atom. The van der Waals surface area contributed by atoms with E-state index in [0.29, 0.717) is 5.89 Å². The summed E-state index contributed by atoms with van der Waals surface area (Å²) in [5, 5.41) is 0. The van der Waals surface area contributed by atoms with Crippen molar-refractivity contribution in [2.45, 2.75) is 0 Å². The van der Waals surface area contributed by atoms with Gasteiger partial charge >= 0.3 is 0 Å². The number of hydrogen-bond acceptors (Lipinski definition) is 3. The molecule has 0 aliphatic heterocycles. The van der Waals surface area contributed by atoms with Crippen molar-refractivity contribution in [3.8, 4) is 22.8 Å². The van der Waals surface area contributed by atoms with E-state index in [9.17, 15) is 0 Å². The lowest BCUT2D eigenvalue weighted by Gasteiger charge is -1.97. The fourth-order valence-electron chi connectivity index (χ4n) is 2.21. The second kappa shape index (κ2) is 4.35. The highest BCUT2D eigenvalue weighted by Crippen LogP contribution is 2.27. The van der Waals surface area contributed by atoms with Gasteiger partial charge in [0.2, 0.25) is 5.89 Å². The third-order valence-corrected chi connectivity index (χ3v) is 3.23. The Balaban J connectivity index is 1.77. The molecule has 0 aliphatic rings. The van der Waals surface area contributed by atoms with E-state index in [0.717, 1.165) is 27.9 Å². The molecular weight excluding hydrogens is 250 g/mol. The van der Waals surface area contributed by atoms with Gasteiger partial charge in [0, 0.05) is 11.1 Å². The Morgan fingerprint density at radius 2 is 1.80 bits per heavy atom. The van der Waals surface area contributed by atoms with Crippen LogP contribution in [0.4, 0.5) is 0 Å². The summed E-state index contributed by atoms with van der Waals surface area (Å²) in [6.07, 6.45) is 3.43. The quantitative estimate of drug-likeness (QED) is 0.595. The van der Waals surface area contributed by atoms with Crippen LogP contribution in [0.15, 0.2) is 65.5 Å². The number of fused-ring (bicyclic) bond motifs is 1. The second-order valence-corrected chi connectivity index (χ2v) is 4.53. The van der Waals surface area contributed by atoms with Crippen molar-refractivity contribution >= 4 is 11.0 Å². The molecule has 4 rings (SSSR count). The molecule has 0 bridgehead atoms. The number of oxazole rings is 1. The van der Waals surface area contributed by atoms with Gasteiger partial charge in [0.05, 0.1) is 23.6 Å². The Hall–Kier alpha value is -2.88. The van der Waals surface area contributed by atoms with Crippen LogP contribution in [0, 0.1) is 0 Å². The molecule has 4 aromatic rings. The van der Waals surface area contributed by atoms with Crippen molar-refractivity contribution in [3.05, 3.63) is 61.1 Å². The Bertz CT molecular complexity index is 861. The first kappa shape index (κ1) is 11.0. The van der Waals surface area contributed by atoms with Gasteiger partial charge in [-0.15, -0.1) is 0 Å². The summed E-state index contributed by atoms with van der Waals surface area (Å²) in [7, 11) is 0. The second-order valence-electron chi connectivity index (χ2n) is 4.53. The van der Waals surface area contributed by atoms with E-state index in [2.05, 4.69) is 15.0 Å². The summed E-state index contributed by atoms with van der Waals surface area (Å²) in [6, 6.07) is 15.8. The third kappa shape index (κ3) is 1.78. The molecule has 96 valence electrons. The number of H-pyrrole nitrogens is 1. The number of aromatic amines is 1. The number of imidazole rings is 1. The zero-order valence-corrected chi connectivity index (χ0v) is 10.6. The maximum absolute atomic E-state index is 5.84. The van der Waals surface area contributed by atoms with Gasteiger partial charge in [-0.3, -0.25) is 0 Å². The van der Waals surface area contributed by atoms with Gasteiger partial charge in [-0.25, -0.2) is 9.97 Å². The van der Waals surface area contributed by atoms with E-state index in [4.69, 9.17) is 4.42 Å². The number of rotatable bonds is 2. The molecule has 2 aromatic carbocycles. The monoisotopic (exact) mass is 261 g/mol. The van der Waals surface area contributed by atoms with Crippen molar-refractivity contribution in [1.82, 2.24) is 15.0 Å². The minimum atomic E-state index is 0.611. The van der Waals surface area contributed by atoms with Crippen LogP contribution < -0.4 is 0 Å². The van der Waals surface area contributed by atoms with Gasteiger partial charge in [-0.05, 0) is 18.2 Å². The minimum Gasteiger partial charge on any atom is -0.436 e. The van der Waals surface area contributed by atoms with Crippen molar-refractivity contribution in [2.24, 2.45) is 0 Å². The number of nitrogens with one attached hydrogen (secondary N) is 1. The lowest BCUT2D eigenvalue weighted by Crippen LogP contribution is -1.77. The molecule has 2 heterocycles. The summed E-state index contributed by atoms with van der Waals surface area (Å²) < 4.78 is 5.84. The summed E-state index contributed by atoms with van der Waals surface area (Å²) >= 11 is 0. The highest BCUT2D eigenvalue weighted by molar-refractivity contribution is 5.79. The molecule has 0 saturated carbocycles. The maximum atomic E-state index is 5.84. The number of nitrogens with zero attached hydrogens (tertiary/aromatic N) is 2. The van der Waals surface area contributed by atoms with Gasteiger partial charge in [-0.1, -0.05) is 30.3 Å². The Labute approximate surface area is 115 Å². The average molecular weight is 261 g/mol. The highest BCUT2D eigenvalue weighted by Gasteiger charge is 2.09. The predicted molar refractivity (Wildman–Crippen MR) is 77.0 cm³/mol. The molecule has 2 aromatic heterocycles. The molecule has 0 spiro atoms. The lowest BCUT2D eigenvalue weighted by atomic mass is 10.2. The van der Waals surface area contributed by atoms with Crippen LogP contribution in [-0.2, 0) is 0 Å². The van der Waals surface area contributed by atoms with Crippen LogP contribution in [0.5, 0.6) is 0 Å². The van der Waals surface area contributed by atoms with Crippen LogP contribution in [0.2, 0.25) is 0 Å². The molecule has 0 amide bonds. The van der Waals surface area contributed by atoms with Crippen molar-refractivity contribution in [1.29, 1.82) is 0 Å². The van der Waals surface area contributed by atoms with Gasteiger partial charge in [0.1, 0.15) is 0 Å². The van der Waals surface area contributed by atoms with Crippen LogP contribution >= 0.6 is 0 Å². The van der Waals surface area contributed by atoms with E-state index in [-0.39, 0.29) is 0 Å². The molecular formula is C16H11N3O. The maximum Gasteiger partial charge on any atom is 0.226 e. The lowest BCUT2D eigenvalue weighted by molar-refractivity contribution is 0.589. The smallest absolute Gasteiger partial charge is 0.226 e. The molecule has 0 radical (unpaired) electrons. The summed E-state index contributed by atoms with van der Waals surface area (Å²) in [4.78, 5) is 11.6. The van der Waals surface area contributed by atoms with E-state index in [1.165, 1.54) is 0 Å². The predicted octanol–water partition coefficient (Wildman–Crippen LogP) is 3.88. The van der Waals surface area contributed by atoms with E-state index in [1.54, 1.807) is 12.5 Å². The molecule has 20 heavy (non-hydrogen) atoms. The largest absolute Gasteiger partial charge is 0.436 e. The molecule has 0 aliphatic carbocycles. The minimum absolute atomic E-state index is 0.611. The van der Waals surface area contributed by atoms with Crippen molar-refractivity contribution in [3.63, 3.8) is 0 Å². The number of benzene rings is 2. The SMILES string of the molecule is c1ccc(-c2cnc(-c3ccc4nc[nH]c4c3)o2)cc1. The standard InChI is InChI=1S/C16H11N3O/c1-2-4-11(5-3-1)15-9-17-16(20-15)12-6-7-13-14(8-12)19-10-18-13/h1-10H,(H,18,19). The zero-order valence-electron chi connectivity index (χ0n) is 10.6. The molecule has 1 N–H and O–H groups in total. The van der Waals surface area contributed by atoms with E-state index < -0.39 is 0 Å². The molecule has 4 nitrogen and oxygen atoms in total. The van der Waals surface area contributed by atoms with Gasteiger partial charge in [-0.2, -0.15) is 0 Å². The number of hydrogen-bond donors (Lipinski definition) is 1. The Kier molecular flexibility index (Phi) is 2.39. The summed E-state index contributed by atoms with van der Waals surface area (Å²) in [6.45, 7) is 0. The first-order chi connectivity index (χ1) is 9.90. The van der Waals surface area contributed by atoms with Crippen LogP contribution in [0.3, 0.4) is 0 Å². The molecule has 0 fully saturated rings.